The molecule has 1 fully saturated rings. The highest BCUT2D eigenvalue weighted by Crippen LogP contribution is 2.38. The van der Waals surface area contributed by atoms with E-state index in [0.717, 1.165) is 10.2 Å². The molecule has 1 N–H and O–H groups in total. The maximum atomic E-state index is 8.77. The van der Waals surface area contributed by atoms with Crippen LogP contribution in [0.15, 0.2) is 53.0 Å². The summed E-state index contributed by atoms with van der Waals surface area (Å²) in [4.78, 5) is 0. The summed E-state index contributed by atoms with van der Waals surface area (Å²) in [5.74, 6) is 0.666. The molecule has 0 heterocycles. The summed E-state index contributed by atoms with van der Waals surface area (Å²) in [6.45, 7) is 0. The third-order valence-electron chi connectivity index (χ3n) is 3.86. The summed E-state index contributed by atoms with van der Waals surface area (Å²) in [5.41, 5.74) is 3.23. The second-order valence-electron chi connectivity index (χ2n) is 5.25. The molecule has 0 bridgehead atoms. The lowest BCUT2D eigenvalue weighted by molar-refractivity contribution is 0.374. The Morgan fingerprint density at radius 2 is 1.65 bits per heavy atom. The molecular weight excluding hydrogens is 312 g/mol. The van der Waals surface area contributed by atoms with Crippen molar-refractivity contribution < 1.29 is 0 Å². The van der Waals surface area contributed by atoms with Crippen LogP contribution in [0.4, 0.5) is 5.69 Å². The Morgan fingerprint density at radius 1 is 1.00 bits per heavy atom. The van der Waals surface area contributed by atoms with Crippen LogP contribution in [0.5, 0.6) is 0 Å². The minimum Gasteiger partial charge on any atom is -0.382 e. The molecule has 0 unspecified atom stereocenters. The summed E-state index contributed by atoms with van der Waals surface area (Å²) >= 11 is 3.47. The lowest BCUT2D eigenvalue weighted by atomic mass is 9.76. The molecule has 0 atom stereocenters. The molecule has 0 aromatic heterocycles. The van der Waals surface area contributed by atoms with Crippen LogP contribution >= 0.6 is 15.9 Å². The molecular formula is C17H15BrN2. The van der Waals surface area contributed by atoms with E-state index in [-0.39, 0.29) is 0 Å². The SMILES string of the molecule is N#Cc1ccc(NC2CC(c3ccc(Br)cc3)C2)cc1. The van der Waals surface area contributed by atoms with E-state index in [1.165, 1.54) is 18.4 Å². The summed E-state index contributed by atoms with van der Waals surface area (Å²) in [7, 11) is 0. The fourth-order valence-electron chi connectivity index (χ4n) is 2.62. The van der Waals surface area contributed by atoms with Gasteiger partial charge in [0.2, 0.25) is 0 Å². The normalized spacial score (nSPS) is 20.8. The van der Waals surface area contributed by atoms with Crippen LogP contribution in [0, 0.1) is 11.3 Å². The Morgan fingerprint density at radius 3 is 2.25 bits per heavy atom. The van der Waals surface area contributed by atoms with Crippen molar-refractivity contribution in [1.82, 2.24) is 0 Å². The van der Waals surface area contributed by atoms with Gasteiger partial charge >= 0.3 is 0 Å². The molecule has 1 aliphatic rings. The highest BCUT2D eigenvalue weighted by Gasteiger charge is 2.29. The van der Waals surface area contributed by atoms with Gasteiger partial charge in [-0.1, -0.05) is 28.1 Å². The van der Waals surface area contributed by atoms with E-state index in [2.05, 4.69) is 51.6 Å². The molecule has 2 aromatic rings. The fraction of sp³-hybridized carbons (Fsp3) is 0.235. The van der Waals surface area contributed by atoms with Crippen molar-refractivity contribution in [3.05, 3.63) is 64.1 Å². The number of nitrogens with one attached hydrogen (secondary N) is 1. The van der Waals surface area contributed by atoms with E-state index in [0.29, 0.717) is 17.5 Å². The Labute approximate surface area is 127 Å². The largest absolute Gasteiger partial charge is 0.382 e. The second-order valence-corrected chi connectivity index (χ2v) is 6.17. The van der Waals surface area contributed by atoms with Crippen molar-refractivity contribution in [2.45, 2.75) is 24.8 Å². The lowest BCUT2D eigenvalue weighted by Crippen LogP contribution is -2.33. The van der Waals surface area contributed by atoms with Gasteiger partial charge in [0.25, 0.3) is 0 Å². The molecule has 0 saturated heterocycles. The summed E-state index contributed by atoms with van der Waals surface area (Å²) in [6.07, 6.45) is 2.34. The molecule has 3 heteroatoms. The van der Waals surface area contributed by atoms with Crippen molar-refractivity contribution in [1.29, 1.82) is 5.26 Å². The van der Waals surface area contributed by atoms with Crippen molar-refractivity contribution in [2.24, 2.45) is 0 Å². The molecule has 100 valence electrons. The number of benzene rings is 2. The van der Waals surface area contributed by atoms with Crippen LogP contribution in [0.25, 0.3) is 0 Å². The van der Waals surface area contributed by atoms with Crippen LogP contribution in [-0.2, 0) is 0 Å². The van der Waals surface area contributed by atoms with Gasteiger partial charge in [0, 0.05) is 16.2 Å². The van der Waals surface area contributed by atoms with Gasteiger partial charge in [-0.25, -0.2) is 0 Å². The minimum atomic E-state index is 0.539. The highest BCUT2D eigenvalue weighted by molar-refractivity contribution is 9.10. The molecule has 0 radical (unpaired) electrons. The molecule has 20 heavy (non-hydrogen) atoms. The number of halogens is 1. The number of anilines is 1. The summed E-state index contributed by atoms with van der Waals surface area (Å²) < 4.78 is 1.13. The first-order valence-corrected chi connectivity index (χ1v) is 7.56. The van der Waals surface area contributed by atoms with Crippen molar-refractivity contribution in [2.75, 3.05) is 5.32 Å². The van der Waals surface area contributed by atoms with Crippen molar-refractivity contribution in [3.63, 3.8) is 0 Å². The predicted octanol–water partition coefficient (Wildman–Crippen LogP) is 4.68. The van der Waals surface area contributed by atoms with E-state index in [4.69, 9.17) is 5.26 Å². The monoisotopic (exact) mass is 326 g/mol. The number of hydrogen-bond acceptors (Lipinski definition) is 2. The van der Waals surface area contributed by atoms with Crippen LogP contribution < -0.4 is 5.32 Å². The smallest absolute Gasteiger partial charge is 0.0991 e. The molecule has 1 saturated carbocycles. The van der Waals surface area contributed by atoms with Gasteiger partial charge in [0.1, 0.15) is 0 Å². The maximum absolute atomic E-state index is 8.77. The fourth-order valence-corrected chi connectivity index (χ4v) is 2.88. The summed E-state index contributed by atoms with van der Waals surface area (Å²) in [5, 5.41) is 12.3. The average molecular weight is 327 g/mol. The summed E-state index contributed by atoms with van der Waals surface area (Å²) in [6, 6.07) is 19.0. The molecule has 0 spiro atoms. The van der Waals surface area contributed by atoms with Crippen LogP contribution in [-0.4, -0.2) is 6.04 Å². The van der Waals surface area contributed by atoms with Gasteiger partial charge < -0.3 is 5.32 Å². The lowest BCUT2D eigenvalue weighted by Gasteiger charge is -2.37. The van der Waals surface area contributed by atoms with Crippen LogP contribution in [0.3, 0.4) is 0 Å². The Hall–Kier alpha value is -1.79. The Kier molecular flexibility index (Phi) is 3.75. The minimum absolute atomic E-state index is 0.539. The number of nitrogens with zero attached hydrogens (tertiary/aromatic N) is 1. The standard InChI is InChI=1S/C17H15BrN2/c18-15-5-3-13(4-6-15)14-9-17(10-14)20-16-7-1-12(11-19)2-8-16/h1-8,14,17,20H,9-10H2. The maximum Gasteiger partial charge on any atom is 0.0991 e. The van der Waals surface area contributed by atoms with Gasteiger partial charge in [0.15, 0.2) is 0 Å². The van der Waals surface area contributed by atoms with E-state index >= 15 is 0 Å². The van der Waals surface area contributed by atoms with Gasteiger partial charge in [-0.15, -0.1) is 0 Å². The number of nitriles is 1. The van der Waals surface area contributed by atoms with Gasteiger partial charge in [-0.2, -0.15) is 5.26 Å². The predicted molar refractivity (Wildman–Crippen MR) is 84.7 cm³/mol. The zero-order valence-corrected chi connectivity index (χ0v) is 12.6. The quantitative estimate of drug-likeness (QED) is 0.888. The van der Waals surface area contributed by atoms with Crippen molar-refractivity contribution in [3.8, 4) is 6.07 Å². The van der Waals surface area contributed by atoms with Crippen molar-refractivity contribution >= 4 is 21.6 Å². The third kappa shape index (κ3) is 2.86. The van der Waals surface area contributed by atoms with Gasteiger partial charge in [-0.05, 0) is 60.7 Å². The number of hydrogen-bond donors (Lipinski definition) is 1. The van der Waals surface area contributed by atoms with E-state index < -0.39 is 0 Å². The first-order valence-electron chi connectivity index (χ1n) is 6.77. The molecule has 3 rings (SSSR count). The van der Waals surface area contributed by atoms with E-state index in [1.54, 1.807) is 0 Å². The topological polar surface area (TPSA) is 35.8 Å². The van der Waals surface area contributed by atoms with Gasteiger partial charge in [0.05, 0.1) is 11.6 Å². The Balaban J connectivity index is 1.55. The first-order chi connectivity index (χ1) is 9.74. The molecule has 1 aliphatic carbocycles. The zero-order valence-electron chi connectivity index (χ0n) is 11.0. The first kappa shape index (κ1) is 13.2. The zero-order chi connectivity index (χ0) is 13.9. The average Bonchev–Trinajstić information content (AvgIpc) is 2.44. The van der Waals surface area contributed by atoms with E-state index in [9.17, 15) is 0 Å². The Bertz CT molecular complexity index is 620. The number of rotatable bonds is 3. The van der Waals surface area contributed by atoms with E-state index in [1.807, 2.05) is 24.3 Å². The van der Waals surface area contributed by atoms with Crippen LogP contribution in [0.2, 0.25) is 0 Å². The van der Waals surface area contributed by atoms with Crippen LogP contribution in [0.1, 0.15) is 29.9 Å². The van der Waals surface area contributed by atoms with Gasteiger partial charge in [-0.3, -0.25) is 0 Å². The highest BCUT2D eigenvalue weighted by atomic mass is 79.9. The second kappa shape index (κ2) is 5.68. The molecule has 0 amide bonds. The molecule has 2 aromatic carbocycles. The third-order valence-corrected chi connectivity index (χ3v) is 4.39. The molecule has 2 nitrogen and oxygen atoms in total. The molecule has 0 aliphatic heterocycles.